The van der Waals surface area contributed by atoms with Gasteiger partial charge >= 0.3 is 0 Å². The van der Waals surface area contributed by atoms with Crippen LogP contribution in [0.4, 0.5) is 0 Å². The molecule has 0 unspecified atom stereocenters. The van der Waals surface area contributed by atoms with Gasteiger partial charge in [0.1, 0.15) is 6.04 Å². The second-order valence-corrected chi connectivity index (χ2v) is 9.31. The number of carbonyl (C=O) groups is 2. The fourth-order valence-corrected chi connectivity index (χ4v) is 5.13. The minimum absolute atomic E-state index is 0.0293. The summed E-state index contributed by atoms with van der Waals surface area (Å²) < 4.78 is 0. The highest BCUT2D eigenvalue weighted by Crippen LogP contribution is 2.35. The van der Waals surface area contributed by atoms with Gasteiger partial charge in [0.15, 0.2) is 0 Å². The summed E-state index contributed by atoms with van der Waals surface area (Å²) in [5, 5.41) is 6.09. The molecule has 7 heteroatoms. The molecule has 2 N–H and O–H groups in total. The van der Waals surface area contributed by atoms with E-state index in [2.05, 4.69) is 26.7 Å². The van der Waals surface area contributed by atoms with Gasteiger partial charge in [0.25, 0.3) is 0 Å². The Balaban J connectivity index is 1.57. The Morgan fingerprint density at radius 3 is 2.64 bits per heavy atom. The number of likely N-dealkylation sites (tertiary alicyclic amines) is 1. The second kappa shape index (κ2) is 10.9. The van der Waals surface area contributed by atoms with Crippen molar-refractivity contribution in [2.75, 3.05) is 13.6 Å². The zero-order chi connectivity index (χ0) is 23.2. The van der Waals surface area contributed by atoms with Gasteiger partial charge in [0.05, 0.1) is 17.8 Å². The molecule has 7 nitrogen and oxygen atoms in total. The van der Waals surface area contributed by atoms with Crippen molar-refractivity contribution in [2.45, 2.75) is 70.0 Å². The first-order valence-electron chi connectivity index (χ1n) is 12.2. The van der Waals surface area contributed by atoms with Crippen molar-refractivity contribution in [1.82, 2.24) is 25.5 Å². The highest BCUT2D eigenvalue weighted by Gasteiger charge is 2.39. The van der Waals surface area contributed by atoms with E-state index in [-0.39, 0.29) is 29.8 Å². The number of carbonyl (C=O) groups excluding carboxylic acids is 2. The van der Waals surface area contributed by atoms with Crippen molar-refractivity contribution in [3.05, 3.63) is 48.4 Å². The molecule has 3 atom stereocenters. The van der Waals surface area contributed by atoms with Crippen LogP contribution in [0.5, 0.6) is 0 Å². The number of amides is 2. The molecule has 2 fully saturated rings. The van der Waals surface area contributed by atoms with Crippen LogP contribution in [-0.4, -0.2) is 52.4 Å². The molecule has 176 valence electrons. The van der Waals surface area contributed by atoms with Crippen LogP contribution >= 0.6 is 0 Å². The maximum Gasteiger partial charge on any atom is 0.245 e. The topological polar surface area (TPSA) is 87.2 Å². The van der Waals surface area contributed by atoms with E-state index in [1.165, 1.54) is 6.42 Å². The lowest BCUT2D eigenvalue weighted by molar-refractivity contribution is -0.139. The van der Waals surface area contributed by atoms with Crippen molar-refractivity contribution in [3.8, 4) is 11.3 Å². The van der Waals surface area contributed by atoms with Crippen LogP contribution in [0, 0.1) is 5.92 Å². The van der Waals surface area contributed by atoms with Gasteiger partial charge in [0, 0.05) is 30.7 Å². The number of pyridine rings is 2. The Morgan fingerprint density at radius 1 is 1.09 bits per heavy atom. The summed E-state index contributed by atoms with van der Waals surface area (Å²) in [6.07, 6.45) is 12.7. The minimum Gasteiger partial charge on any atom is -0.343 e. The summed E-state index contributed by atoms with van der Waals surface area (Å²) in [5.74, 6) is 0.124. The summed E-state index contributed by atoms with van der Waals surface area (Å²) in [6.45, 7) is 2.53. The number of hydrogen-bond donors (Lipinski definition) is 2. The molecule has 2 aromatic heterocycles. The molecule has 1 saturated heterocycles. The Morgan fingerprint density at radius 2 is 1.91 bits per heavy atom. The van der Waals surface area contributed by atoms with E-state index >= 15 is 0 Å². The van der Waals surface area contributed by atoms with Gasteiger partial charge < -0.3 is 15.5 Å². The molecule has 2 aliphatic rings. The molecule has 0 bridgehead atoms. The van der Waals surface area contributed by atoms with Gasteiger partial charge in [-0.05, 0) is 69.3 Å². The van der Waals surface area contributed by atoms with Crippen molar-refractivity contribution in [3.63, 3.8) is 0 Å². The highest BCUT2D eigenvalue weighted by atomic mass is 16.2. The molecule has 0 spiro atoms. The first-order valence-corrected chi connectivity index (χ1v) is 12.2. The molecular formula is C26H35N5O2. The van der Waals surface area contributed by atoms with Crippen LogP contribution in [0.3, 0.4) is 0 Å². The minimum atomic E-state index is -0.471. The van der Waals surface area contributed by atoms with Crippen LogP contribution in [0.15, 0.2) is 42.9 Å². The Hall–Kier alpha value is -2.80. The molecule has 1 saturated carbocycles. The molecule has 1 aliphatic carbocycles. The van der Waals surface area contributed by atoms with Crippen molar-refractivity contribution in [1.29, 1.82) is 0 Å². The molecule has 2 aromatic rings. The first-order chi connectivity index (χ1) is 16.1. The number of nitrogens with zero attached hydrogens (tertiary/aromatic N) is 3. The summed E-state index contributed by atoms with van der Waals surface area (Å²) in [5.41, 5.74) is 2.85. The largest absolute Gasteiger partial charge is 0.343 e. The second-order valence-electron chi connectivity index (χ2n) is 9.31. The third kappa shape index (κ3) is 5.41. The number of likely N-dealkylation sites (N-methyl/N-ethyl adjacent to an activating group) is 1. The summed E-state index contributed by atoms with van der Waals surface area (Å²) in [4.78, 5) is 37.5. The molecule has 0 radical (unpaired) electrons. The van der Waals surface area contributed by atoms with Gasteiger partial charge in [-0.1, -0.05) is 25.3 Å². The van der Waals surface area contributed by atoms with Gasteiger partial charge in [-0.2, -0.15) is 0 Å². The molecule has 4 rings (SSSR count). The smallest absolute Gasteiger partial charge is 0.245 e. The lowest BCUT2D eigenvalue weighted by Crippen LogP contribution is -2.55. The van der Waals surface area contributed by atoms with E-state index in [9.17, 15) is 9.59 Å². The molecule has 3 heterocycles. The number of nitrogens with one attached hydrogen (secondary N) is 2. The van der Waals surface area contributed by atoms with Crippen LogP contribution in [0.25, 0.3) is 11.3 Å². The van der Waals surface area contributed by atoms with Crippen molar-refractivity contribution in [2.24, 2.45) is 5.92 Å². The van der Waals surface area contributed by atoms with Crippen LogP contribution in [-0.2, 0) is 9.59 Å². The summed E-state index contributed by atoms with van der Waals surface area (Å²) in [6, 6.07) is 7.09. The van der Waals surface area contributed by atoms with Gasteiger partial charge in [0.2, 0.25) is 11.8 Å². The third-order valence-electron chi connectivity index (χ3n) is 7.15. The maximum atomic E-state index is 13.9. The fraction of sp³-hybridized carbons (Fsp3) is 0.538. The van der Waals surface area contributed by atoms with Crippen LogP contribution < -0.4 is 10.6 Å². The Kier molecular flexibility index (Phi) is 7.70. The highest BCUT2D eigenvalue weighted by molar-refractivity contribution is 5.90. The normalized spacial score (nSPS) is 20.9. The predicted molar refractivity (Wildman–Crippen MR) is 128 cm³/mol. The van der Waals surface area contributed by atoms with Gasteiger partial charge in [-0.15, -0.1) is 0 Å². The zero-order valence-corrected chi connectivity index (χ0v) is 19.7. The van der Waals surface area contributed by atoms with Gasteiger partial charge in [-0.3, -0.25) is 19.6 Å². The summed E-state index contributed by atoms with van der Waals surface area (Å²) >= 11 is 0. The number of rotatable bonds is 7. The Labute approximate surface area is 196 Å². The van der Waals surface area contributed by atoms with E-state index in [0.29, 0.717) is 6.54 Å². The third-order valence-corrected chi connectivity index (χ3v) is 7.15. The van der Waals surface area contributed by atoms with E-state index in [0.717, 1.165) is 55.3 Å². The molecule has 2 amide bonds. The molecule has 33 heavy (non-hydrogen) atoms. The fourth-order valence-electron chi connectivity index (χ4n) is 5.13. The van der Waals surface area contributed by atoms with E-state index < -0.39 is 6.04 Å². The lowest BCUT2D eigenvalue weighted by atomic mass is 9.83. The molecular weight excluding hydrogens is 414 g/mol. The summed E-state index contributed by atoms with van der Waals surface area (Å²) in [7, 11) is 1.76. The lowest BCUT2D eigenvalue weighted by Gasteiger charge is -2.35. The predicted octanol–water partition coefficient (Wildman–Crippen LogP) is 3.48. The van der Waals surface area contributed by atoms with Crippen LogP contribution in [0.2, 0.25) is 0 Å². The van der Waals surface area contributed by atoms with Crippen molar-refractivity contribution < 1.29 is 9.59 Å². The van der Waals surface area contributed by atoms with Crippen molar-refractivity contribution >= 4 is 11.8 Å². The van der Waals surface area contributed by atoms with E-state index in [1.54, 1.807) is 13.2 Å². The standard InChI is InChI=1S/C26H35N5O2/c1-18(27-2)25(32)30-24(19-9-4-3-5-10-19)26(33)31-14-8-12-23(31)21-15-20(16-28-17-21)22-11-6-7-13-29-22/h6-7,11,13,15-19,23-24,27H,3-5,8-10,12,14H2,1-2H3,(H,30,32)/t18-,23-,24-/m0/s1. The molecule has 0 aromatic carbocycles. The zero-order valence-electron chi connectivity index (χ0n) is 19.7. The quantitative estimate of drug-likeness (QED) is 0.676. The SMILES string of the molecule is CN[C@@H](C)C(=O)N[C@H](C(=O)N1CCC[C@H]1c1cncc(-c2ccccn2)c1)C1CCCCC1. The van der Waals surface area contributed by atoms with E-state index in [1.807, 2.05) is 42.4 Å². The van der Waals surface area contributed by atoms with Gasteiger partial charge in [-0.25, -0.2) is 0 Å². The Bertz CT molecular complexity index is 945. The maximum absolute atomic E-state index is 13.9. The van der Waals surface area contributed by atoms with E-state index in [4.69, 9.17) is 0 Å². The molecule has 1 aliphatic heterocycles. The van der Waals surface area contributed by atoms with Crippen LogP contribution in [0.1, 0.15) is 63.5 Å². The monoisotopic (exact) mass is 449 g/mol. The average Bonchev–Trinajstić information content (AvgIpc) is 3.37. The average molecular weight is 450 g/mol. The number of hydrogen-bond acceptors (Lipinski definition) is 5. The number of aromatic nitrogens is 2. The first kappa shape index (κ1) is 23.4.